The lowest BCUT2D eigenvalue weighted by Crippen LogP contribution is -2.20. The maximum atomic E-state index is 11.9. The quantitative estimate of drug-likeness (QED) is 0.796. The molecule has 0 aliphatic rings. The highest BCUT2D eigenvalue weighted by Crippen LogP contribution is 2.24. The van der Waals surface area contributed by atoms with Gasteiger partial charge in [0.1, 0.15) is 5.75 Å². The van der Waals surface area contributed by atoms with Crippen molar-refractivity contribution >= 4 is 5.97 Å². The van der Waals surface area contributed by atoms with Crippen molar-refractivity contribution in [2.24, 2.45) is 0 Å². The summed E-state index contributed by atoms with van der Waals surface area (Å²) in [5, 5.41) is 0. The van der Waals surface area contributed by atoms with Crippen molar-refractivity contribution in [1.82, 2.24) is 0 Å². The highest BCUT2D eigenvalue weighted by atomic mass is 16.6. The van der Waals surface area contributed by atoms with Crippen LogP contribution in [-0.4, -0.2) is 13.1 Å². The van der Waals surface area contributed by atoms with Crippen LogP contribution >= 0.6 is 0 Å². The first-order valence-corrected chi connectivity index (χ1v) is 6.48. The molecule has 0 spiro atoms. The Kier molecular flexibility index (Phi) is 4.41. The topological polar surface area (TPSA) is 35.5 Å². The van der Waals surface area contributed by atoms with E-state index in [1.54, 1.807) is 0 Å². The van der Waals surface area contributed by atoms with Gasteiger partial charge in [-0.1, -0.05) is 42.0 Å². The SMILES string of the molecule is COC(=O)C(Oc1cccc(C)c1)c1ccc(C)cc1. The summed E-state index contributed by atoms with van der Waals surface area (Å²) in [7, 11) is 1.36. The van der Waals surface area contributed by atoms with E-state index in [0.29, 0.717) is 5.75 Å². The normalized spacial score (nSPS) is 11.8. The number of carbonyl (C=O) groups is 1. The summed E-state index contributed by atoms with van der Waals surface area (Å²) in [4.78, 5) is 11.9. The zero-order chi connectivity index (χ0) is 14.5. The lowest BCUT2D eigenvalue weighted by Gasteiger charge is -2.17. The molecule has 0 aliphatic heterocycles. The molecule has 2 rings (SSSR count). The molecule has 3 heteroatoms. The molecule has 1 atom stereocenters. The number of carbonyl (C=O) groups excluding carboxylic acids is 1. The van der Waals surface area contributed by atoms with Gasteiger partial charge in [-0.15, -0.1) is 0 Å². The predicted octanol–water partition coefficient (Wildman–Crippen LogP) is 3.60. The van der Waals surface area contributed by atoms with E-state index in [9.17, 15) is 4.79 Å². The second-order valence-electron chi connectivity index (χ2n) is 4.75. The van der Waals surface area contributed by atoms with Crippen molar-refractivity contribution in [1.29, 1.82) is 0 Å². The molecule has 0 heterocycles. The summed E-state index contributed by atoms with van der Waals surface area (Å²) in [5.41, 5.74) is 2.99. The molecule has 0 aromatic heterocycles. The molecular weight excluding hydrogens is 252 g/mol. The standard InChI is InChI=1S/C17H18O3/c1-12-7-9-14(10-8-12)16(17(18)19-3)20-15-6-4-5-13(2)11-15/h4-11,16H,1-3H3. The van der Waals surface area contributed by atoms with Gasteiger partial charge in [-0.05, 0) is 31.5 Å². The van der Waals surface area contributed by atoms with Gasteiger partial charge in [0.2, 0.25) is 6.10 Å². The van der Waals surface area contributed by atoms with Crippen LogP contribution in [-0.2, 0) is 9.53 Å². The van der Waals surface area contributed by atoms with Gasteiger partial charge in [-0.3, -0.25) is 0 Å². The van der Waals surface area contributed by atoms with Gasteiger partial charge in [0, 0.05) is 5.56 Å². The van der Waals surface area contributed by atoms with Crippen LogP contribution in [0.2, 0.25) is 0 Å². The van der Waals surface area contributed by atoms with E-state index in [0.717, 1.165) is 16.7 Å². The van der Waals surface area contributed by atoms with Crippen LogP contribution in [0.1, 0.15) is 22.8 Å². The second-order valence-corrected chi connectivity index (χ2v) is 4.75. The lowest BCUT2D eigenvalue weighted by atomic mass is 10.1. The van der Waals surface area contributed by atoms with Crippen molar-refractivity contribution < 1.29 is 14.3 Å². The predicted molar refractivity (Wildman–Crippen MR) is 77.7 cm³/mol. The minimum absolute atomic E-state index is 0.407. The average Bonchev–Trinajstić information content (AvgIpc) is 2.45. The Labute approximate surface area is 119 Å². The van der Waals surface area contributed by atoms with E-state index >= 15 is 0 Å². The summed E-state index contributed by atoms with van der Waals surface area (Å²) >= 11 is 0. The van der Waals surface area contributed by atoms with Gasteiger partial charge in [-0.25, -0.2) is 4.79 Å². The van der Waals surface area contributed by atoms with Crippen LogP contribution in [0.3, 0.4) is 0 Å². The maximum absolute atomic E-state index is 11.9. The molecule has 0 aliphatic carbocycles. The van der Waals surface area contributed by atoms with Gasteiger partial charge >= 0.3 is 5.97 Å². The summed E-state index contributed by atoms with van der Waals surface area (Å²) < 4.78 is 10.6. The number of ether oxygens (including phenoxy) is 2. The molecule has 2 aromatic carbocycles. The Bertz CT molecular complexity index is 587. The molecule has 0 saturated heterocycles. The van der Waals surface area contributed by atoms with E-state index in [4.69, 9.17) is 9.47 Å². The minimum atomic E-state index is -0.748. The van der Waals surface area contributed by atoms with Crippen LogP contribution in [0.4, 0.5) is 0 Å². The molecule has 0 radical (unpaired) electrons. The fraction of sp³-hybridized carbons (Fsp3) is 0.235. The summed E-state index contributed by atoms with van der Waals surface area (Å²) in [5.74, 6) is 0.247. The number of aryl methyl sites for hydroxylation is 2. The Hall–Kier alpha value is -2.29. The first-order valence-electron chi connectivity index (χ1n) is 6.48. The van der Waals surface area contributed by atoms with E-state index < -0.39 is 12.1 Å². The maximum Gasteiger partial charge on any atom is 0.351 e. The van der Waals surface area contributed by atoms with Crippen molar-refractivity contribution in [2.45, 2.75) is 20.0 Å². The Morgan fingerprint density at radius 1 is 1.00 bits per heavy atom. The fourth-order valence-corrected chi connectivity index (χ4v) is 1.93. The van der Waals surface area contributed by atoms with E-state index in [-0.39, 0.29) is 0 Å². The van der Waals surface area contributed by atoms with Crippen LogP contribution < -0.4 is 4.74 Å². The van der Waals surface area contributed by atoms with Gasteiger partial charge < -0.3 is 9.47 Å². The van der Waals surface area contributed by atoms with Gasteiger partial charge in [0.05, 0.1) is 7.11 Å². The number of methoxy groups -OCH3 is 1. The third-order valence-electron chi connectivity index (χ3n) is 3.04. The van der Waals surface area contributed by atoms with Crippen molar-refractivity contribution in [2.75, 3.05) is 7.11 Å². The van der Waals surface area contributed by atoms with Crippen LogP contribution in [0.25, 0.3) is 0 Å². The molecule has 1 unspecified atom stereocenters. The zero-order valence-corrected chi connectivity index (χ0v) is 11.9. The number of benzene rings is 2. The Morgan fingerprint density at radius 3 is 2.30 bits per heavy atom. The third kappa shape index (κ3) is 3.38. The minimum Gasteiger partial charge on any atom is -0.474 e. The monoisotopic (exact) mass is 270 g/mol. The van der Waals surface area contributed by atoms with Crippen molar-refractivity contribution in [3.8, 4) is 5.75 Å². The highest BCUT2D eigenvalue weighted by molar-refractivity contribution is 5.76. The molecule has 0 amide bonds. The number of hydrogen-bond acceptors (Lipinski definition) is 3. The van der Waals surface area contributed by atoms with Crippen LogP contribution in [0.5, 0.6) is 5.75 Å². The first-order chi connectivity index (χ1) is 9.60. The molecule has 0 N–H and O–H groups in total. The van der Waals surface area contributed by atoms with Gasteiger partial charge in [0.25, 0.3) is 0 Å². The lowest BCUT2D eigenvalue weighted by molar-refractivity contribution is -0.149. The van der Waals surface area contributed by atoms with E-state index in [1.165, 1.54) is 7.11 Å². The van der Waals surface area contributed by atoms with E-state index in [2.05, 4.69) is 0 Å². The Morgan fingerprint density at radius 2 is 1.70 bits per heavy atom. The molecule has 0 fully saturated rings. The molecular formula is C17H18O3. The molecule has 0 saturated carbocycles. The summed E-state index contributed by atoms with van der Waals surface area (Å²) in [6.07, 6.45) is -0.748. The largest absolute Gasteiger partial charge is 0.474 e. The number of hydrogen-bond donors (Lipinski definition) is 0. The third-order valence-corrected chi connectivity index (χ3v) is 3.04. The average molecular weight is 270 g/mol. The molecule has 104 valence electrons. The molecule has 3 nitrogen and oxygen atoms in total. The fourth-order valence-electron chi connectivity index (χ4n) is 1.93. The second kappa shape index (κ2) is 6.24. The number of rotatable bonds is 4. The van der Waals surface area contributed by atoms with Crippen molar-refractivity contribution in [3.05, 3.63) is 65.2 Å². The molecule has 20 heavy (non-hydrogen) atoms. The van der Waals surface area contributed by atoms with Crippen LogP contribution in [0.15, 0.2) is 48.5 Å². The zero-order valence-electron chi connectivity index (χ0n) is 11.9. The smallest absolute Gasteiger partial charge is 0.351 e. The summed E-state index contributed by atoms with van der Waals surface area (Å²) in [6.45, 7) is 3.98. The van der Waals surface area contributed by atoms with E-state index in [1.807, 2.05) is 62.4 Å². The van der Waals surface area contributed by atoms with Gasteiger partial charge in [0.15, 0.2) is 0 Å². The highest BCUT2D eigenvalue weighted by Gasteiger charge is 2.23. The molecule has 0 bridgehead atoms. The number of esters is 1. The van der Waals surface area contributed by atoms with Crippen molar-refractivity contribution in [3.63, 3.8) is 0 Å². The van der Waals surface area contributed by atoms with Gasteiger partial charge in [-0.2, -0.15) is 0 Å². The Balaban J connectivity index is 2.28. The first kappa shape index (κ1) is 14.1. The van der Waals surface area contributed by atoms with Crippen LogP contribution in [0, 0.1) is 13.8 Å². The summed E-state index contributed by atoms with van der Waals surface area (Å²) in [6, 6.07) is 15.3. The molecule has 2 aromatic rings.